The van der Waals surface area contributed by atoms with Gasteiger partial charge in [0, 0.05) is 36.8 Å². The predicted octanol–water partition coefficient (Wildman–Crippen LogP) is 4.35. The molecule has 1 heterocycles. The molecule has 1 aliphatic rings. The quantitative estimate of drug-likeness (QED) is 0.461. The maximum atomic E-state index is 10.8. The first kappa shape index (κ1) is 15.1. The van der Waals surface area contributed by atoms with E-state index in [4.69, 9.17) is 11.6 Å². The molecule has 0 aliphatic carbocycles. The van der Waals surface area contributed by atoms with Gasteiger partial charge in [-0.3, -0.25) is 10.1 Å². The zero-order chi connectivity index (χ0) is 14.8. The smallest absolute Gasteiger partial charge is 0.269 e. The monoisotopic (exact) mass is 296 g/mol. The Labute approximate surface area is 124 Å². The van der Waals surface area contributed by atoms with Crippen molar-refractivity contribution in [3.63, 3.8) is 0 Å². The second kappa shape index (κ2) is 6.00. The number of nitro groups is 1. The van der Waals surface area contributed by atoms with Crippen LogP contribution in [-0.2, 0) is 5.88 Å². The lowest BCUT2D eigenvalue weighted by molar-refractivity contribution is -0.384. The largest absolute Gasteiger partial charge is 0.371 e. The van der Waals surface area contributed by atoms with E-state index in [0.29, 0.717) is 11.3 Å². The van der Waals surface area contributed by atoms with E-state index in [1.54, 1.807) is 12.1 Å². The van der Waals surface area contributed by atoms with E-state index >= 15 is 0 Å². The van der Waals surface area contributed by atoms with Crippen molar-refractivity contribution in [2.24, 2.45) is 5.41 Å². The summed E-state index contributed by atoms with van der Waals surface area (Å²) in [6, 6.07) is 5.01. The Morgan fingerprint density at radius 2 is 2.10 bits per heavy atom. The van der Waals surface area contributed by atoms with Gasteiger partial charge >= 0.3 is 0 Å². The maximum absolute atomic E-state index is 10.8. The van der Waals surface area contributed by atoms with Gasteiger partial charge in [0.05, 0.1) is 4.92 Å². The first-order chi connectivity index (χ1) is 9.55. The first-order valence-electron chi connectivity index (χ1n) is 7.13. The van der Waals surface area contributed by atoms with E-state index in [1.807, 2.05) is 6.07 Å². The Balaban J connectivity index is 2.28. The minimum atomic E-state index is -0.369. The van der Waals surface area contributed by atoms with Crippen LogP contribution in [0.1, 0.15) is 38.7 Å². The molecular formula is C15H21ClN2O2. The Bertz CT molecular complexity index is 501. The molecule has 0 radical (unpaired) electrons. The number of non-ortho nitro benzene ring substituents is 1. The summed E-state index contributed by atoms with van der Waals surface area (Å²) in [4.78, 5) is 12.8. The molecule has 1 aromatic carbocycles. The Hall–Kier alpha value is -1.29. The number of anilines is 1. The summed E-state index contributed by atoms with van der Waals surface area (Å²) < 4.78 is 0. The van der Waals surface area contributed by atoms with Gasteiger partial charge in [-0.15, -0.1) is 11.6 Å². The third kappa shape index (κ3) is 2.75. The lowest BCUT2D eigenvalue weighted by atomic mass is 9.82. The molecule has 0 amide bonds. The average molecular weight is 297 g/mol. The number of hydrogen-bond donors (Lipinski definition) is 0. The summed E-state index contributed by atoms with van der Waals surface area (Å²) in [7, 11) is 0. The van der Waals surface area contributed by atoms with Crippen molar-refractivity contribution >= 4 is 23.0 Å². The molecule has 4 nitrogen and oxygen atoms in total. The van der Waals surface area contributed by atoms with Gasteiger partial charge in [0.2, 0.25) is 0 Å². The van der Waals surface area contributed by atoms with E-state index in [1.165, 1.54) is 19.3 Å². The topological polar surface area (TPSA) is 46.4 Å². The molecule has 0 atom stereocenters. The van der Waals surface area contributed by atoms with E-state index in [9.17, 15) is 10.1 Å². The fraction of sp³-hybridized carbons (Fsp3) is 0.600. The zero-order valence-electron chi connectivity index (χ0n) is 12.1. The maximum Gasteiger partial charge on any atom is 0.269 e. The lowest BCUT2D eigenvalue weighted by Gasteiger charge is -2.28. The van der Waals surface area contributed by atoms with Crippen molar-refractivity contribution in [1.82, 2.24) is 0 Å². The summed E-state index contributed by atoms with van der Waals surface area (Å²) in [6.45, 7) is 6.50. The lowest BCUT2D eigenvalue weighted by Crippen LogP contribution is -2.26. The Morgan fingerprint density at radius 3 is 2.60 bits per heavy atom. The van der Waals surface area contributed by atoms with Crippen molar-refractivity contribution in [2.75, 3.05) is 18.0 Å². The summed E-state index contributed by atoms with van der Waals surface area (Å²) in [6.07, 6.45) is 3.52. The highest BCUT2D eigenvalue weighted by Crippen LogP contribution is 2.40. The van der Waals surface area contributed by atoms with Crippen molar-refractivity contribution in [3.8, 4) is 0 Å². The molecule has 0 unspecified atom stereocenters. The summed E-state index contributed by atoms with van der Waals surface area (Å²) in [5.74, 6) is 0.304. The first-order valence-corrected chi connectivity index (χ1v) is 7.67. The Kier molecular flexibility index (Phi) is 4.53. The molecule has 5 heteroatoms. The van der Waals surface area contributed by atoms with Crippen LogP contribution in [0.25, 0.3) is 0 Å². The van der Waals surface area contributed by atoms with Gasteiger partial charge in [0.25, 0.3) is 5.69 Å². The summed E-state index contributed by atoms with van der Waals surface area (Å²) in [5.41, 5.74) is 2.39. The van der Waals surface area contributed by atoms with Crippen LogP contribution in [0, 0.1) is 15.5 Å². The Morgan fingerprint density at radius 1 is 1.40 bits per heavy atom. The van der Waals surface area contributed by atoms with Crippen LogP contribution in [0.3, 0.4) is 0 Å². The van der Waals surface area contributed by atoms with Gasteiger partial charge in [-0.05, 0) is 36.3 Å². The van der Waals surface area contributed by atoms with Crippen LogP contribution in [0.15, 0.2) is 18.2 Å². The number of hydrogen-bond acceptors (Lipinski definition) is 3. The normalized spacial score (nSPS) is 17.4. The van der Waals surface area contributed by atoms with Crippen molar-refractivity contribution < 1.29 is 4.92 Å². The minimum absolute atomic E-state index is 0.112. The minimum Gasteiger partial charge on any atom is -0.371 e. The highest BCUT2D eigenvalue weighted by molar-refractivity contribution is 6.17. The van der Waals surface area contributed by atoms with E-state index in [0.717, 1.165) is 24.3 Å². The standard InChI is InChI=1S/C15H21ClN2O2/c1-3-15(4-2)7-8-17(11-15)14-6-5-13(18(19)20)9-12(14)10-16/h5-6,9H,3-4,7-8,10-11H2,1-2H3. The molecule has 110 valence electrons. The molecule has 1 aromatic rings. The van der Waals surface area contributed by atoms with Gasteiger partial charge < -0.3 is 4.90 Å². The van der Waals surface area contributed by atoms with Crippen molar-refractivity contribution in [2.45, 2.75) is 39.0 Å². The molecule has 0 N–H and O–H groups in total. The van der Waals surface area contributed by atoms with E-state index in [2.05, 4.69) is 18.7 Å². The van der Waals surface area contributed by atoms with E-state index in [-0.39, 0.29) is 10.6 Å². The molecule has 0 saturated carbocycles. The second-order valence-electron chi connectivity index (χ2n) is 5.58. The number of nitrogens with zero attached hydrogens (tertiary/aromatic N) is 2. The van der Waals surface area contributed by atoms with Gasteiger partial charge in [0.1, 0.15) is 0 Å². The fourth-order valence-corrected chi connectivity index (χ4v) is 3.28. The highest BCUT2D eigenvalue weighted by Gasteiger charge is 2.35. The summed E-state index contributed by atoms with van der Waals surface area (Å²) in [5, 5.41) is 10.8. The number of alkyl halides is 1. The molecule has 0 aromatic heterocycles. The van der Waals surface area contributed by atoms with Gasteiger partial charge in [-0.25, -0.2) is 0 Å². The molecule has 20 heavy (non-hydrogen) atoms. The van der Waals surface area contributed by atoms with Crippen LogP contribution in [0.5, 0.6) is 0 Å². The van der Waals surface area contributed by atoms with Crippen LogP contribution >= 0.6 is 11.6 Å². The van der Waals surface area contributed by atoms with Gasteiger partial charge in [-0.2, -0.15) is 0 Å². The van der Waals surface area contributed by atoms with Crippen molar-refractivity contribution in [1.29, 1.82) is 0 Å². The summed E-state index contributed by atoms with van der Waals surface area (Å²) >= 11 is 5.98. The van der Waals surface area contributed by atoms with Crippen LogP contribution in [0.2, 0.25) is 0 Å². The van der Waals surface area contributed by atoms with Gasteiger partial charge in [0.15, 0.2) is 0 Å². The van der Waals surface area contributed by atoms with Gasteiger partial charge in [-0.1, -0.05) is 13.8 Å². The van der Waals surface area contributed by atoms with Crippen LogP contribution in [0.4, 0.5) is 11.4 Å². The number of benzene rings is 1. The second-order valence-corrected chi connectivity index (χ2v) is 5.85. The molecule has 0 spiro atoms. The van der Waals surface area contributed by atoms with Crippen molar-refractivity contribution in [3.05, 3.63) is 33.9 Å². The molecule has 2 rings (SSSR count). The highest BCUT2D eigenvalue weighted by atomic mass is 35.5. The molecular weight excluding hydrogens is 276 g/mol. The fourth-order valence-electron chi connectivity index (χ4n) is 3.07. The molecule has 1 fully saturated rings. The third-order valence-corrected chi connectivity index (χ3v) is 4.98. The molecule has 1 aliphatic heterocycles. The average Bonchev–Trinajstić information content (AvgIpc) is 2.91. The predicted molar refractivity (Wildman–Crippen MR) is 82.5 cm³/mol. The zero-order valence-corrected chi connectivity index (χ0v) is 12.8. The van der Waals surface area contributed by atoms with Crippen LogP contribution in [-0.4, -0.2) is 18.0 Å². The van der Waals surface area contributed by atoms with Crippen LogP contribution < -0.4 is 4.90 Å². The SMILES string of the molecule is CCC1(CC)CCN(c2ccc([N+](=O)[O-])cc2CCl)C1. The number of nitro benzene ring substituents is 1. The third-order valence-electron chi connectivity index (χ3n) is 4.70. The number of halogens is 1. The van der Waals surface area contributed by atoms with E-state index < -0.39 is 0 Å². The molecule has 1 saturated heterocycles. The number of rotatable bonds is 5. The molecule has 0 bridgehead atoms.